The Kier molecular flexibility index (Phi) is 3.67. The van der Waals surface area contributed by atoms with Crippen LogP contribution in [0.15, 0.2) is 24.3 Å². The quantitative estimate of drug-likeness (QED) is 0.827. The molecule has 1 aromatic rings. The van der Waals surface area contributed by atoms with Gasteiger partial charge in [-0.05, 0) is 43.9 Å². The molecule has 0 unspecified atom stereocenters. The lowest BCUT2D eigenvalue weighted by Gasteiger charge is -2.34. The van der Waals surface area contributed by atoms with Crippen molar-refractivity contribution in [3.8, 4) is 0 Å². The molecule has 0 bridgehead atoms. The molecule has 0 saturated heterocycles. The summed E-state index contributed by atoms with van der Waals surface area (Å²) in [7, 11) is 2.26. The van der Waals surface area contributed by atoms with E-state index >= 15 is 0 Å². The maximum atomic E-state index is 3.58. The van der Waals surface area contributed by atoms with Gasteiger partial charge in [0.1, 0.15) is 0 Å². The van der Waals surface area contributed by atoms with E-state index in [0.29, 0.717) is 0 Å². The lowest BCUT2D eigenvalue weighted by Crippen LogP contribution is -2.36. The van der Waals surface area contributed by atoms with Gasteiger partial charge < -0.3 is 5.32 Å². The first-order valence-corrected chi connectivity index (χ1v) is 7.33. The maximum Gasteiger partial charge on any atom is 0.0233 e. The summed E-state index contributed by atoms with van der Waals surface area (Å²) in [5.74, 6) is 0. The van der Waals surface area contributed by atoms with Crippen LogP contribution in [0.4, 0.5) is 0 Å². The Morgan fingerprint density at radius 2 is 1.94 bits per heavy atom. The molecule has 2 nitrogen and oxygen atoms in total. The van der Waals surface area contributed by atoms with Gasteiger partial charge in [-0.25, -0.2) is 0 Å². The third-order valence-electron chi connectivity index (χ3n) is 4.29. The second kappa shape index (κ2) is 5.41. The summed E-state index contributed by atoms with van der Waals surface area (Å²) in [6.07, 6.45) is 6.92. The largest absolute Gasteiger partial charge is 0.310 e. The molecule has 2 aliphatic rings. The third kappa shape index (κ3) is 3.12. The highest BCUT2D eigenvalue weighted by Crippen LogP contribution is 2.25. The van der Waals surface area contributed by atoms with Crippen LogP contribution in [-0.4, -0.2) is 24.0 Å². The second-order valence-corrected chi connectivity index (χ2v) is 5.97. The topological polar surface area (TPSA) is 15.3 Å². The highest BCUT2D eigenvalue weighted by atomic mass is 15.1. The summed E-state index contributed by atoms with van der Waals surface area (Å²) in [6.45, 7) is 2.13. The number of benzene rings is 1. The highest BCUT2D eigenvalue weighted by molar-refractivity contribution is 5.23. The summed E-state index contributed by atoms with van der Waals surface area (Å²) >= 11 is 0. The first-order chi connectivity index (χ1) is 8.81. The fourth-order valence-electron chi connectivity index (χ4n) is 2.63. The molecule has 18 heavy (non-hydrogen) atoms. The summed E-state index contributed by atoms with van der Waals surface area (Å²) in [5.41, 5.74) is 2.89. The molecule has 2 fully saturated rings. The average Bonchev–Trinajstić information content (AvgIpc) is 3.08. The first kappa shape index (κ1) is 12.2. The van der Waals surface area contributed by atoms with Crippen molar-refractivity contribution in [1.82, 2.24) is 10.2 Å². The number of hydrogen-bond acceptors (Lipinski definition) is 2. The predicted molar refractivity (Wildman–Crippen MR) is 75.4 cm³/mol. The van der Waals surface area contributed by atoms with E-state index in [4.69, 9.17) is 0 Å². The third-order valence-corrected chi connectivity index (χ3v) is 4.29. The van der Waals surface area contributed by atoms with Crippen molar-refractivity contribution in [3.05, 3.63) is 35.4 Å². The van der Waals surface area contributed by atoms with Gasteiger partial charge in [0, 0.05) is 25.2 Å². The van der Waals surface area contributed by atoms with Gasteiger partial charge in [0.15, 0.2) is 0 Å². The van der Waals surface area contributed by atoms with Crippen LogP contribution < -0.4 is 5.32 Å². The van der Waals surface area contributed by atoms with Crippen LogP contribution in [-0.2, 0) is 13.1 Å². The SMILES string of the molecule is CN(Cc1cccc(CNC2CC2)c1)C1CCC1. The summed E-state index contributed by atoms with van der Waals surface area (Å²) in [4.78, 5) is 2.51. The smallest absolute Gasteiger partial charge is 0.0233 e. The van der Waals surface area contributed by atoms with Crippen LogP contribution in [0.1, 0.15) is 43.2 Å². The Bertz CT molecular complexity index is 394. The van der Waals surface area contributed by atoms with Gasteiger partial charge in [-0.3, -0.25) is 4.90 Å². The molecule has 0 aromatic heterocycles. The zero-order valence-corrected chi connectivity index (χ0v) is 11.4. The molecule has 98 valence electrons. The second-order valence-electron chi connectivity index (χ2n) is 5.97. The van der Waals surface area contributed by atoms with Crippen molar-refractivity contribution in [3.63, 3.8) is 0 Å². The molecule has 1 aromatic carbocycles. The highest BCUT2D eigenvalue weighted by Gasteiger charge is 2.22. The van der Waals surface area contributed by atoms with E-state index in [0.717, 1.165) is 25.2 Å². The van der Waals surface area contributed by atoms with Crippen LogP contribution in [0.25, 0.3) is 0 Å². The zero-order chi connectivity index (χ0) is 12.4. The fourth-order valence-corrected chi connectivity index (χ4v) is 2.63. The average molecular weight is 244 g/mol. The van der Waals surface area contributed by atoms with E-state index in [-0.39, 0.29) is 0 Å². The van der Waals surface area contributed by atoms with E-state index < -0.39 is 0 Å². The van der Waals surface area contributed by atoms with Crippen molar-refractivity contribution in [1.29, 1.82) is 0 Å². The number of nitrogens with one attached hydrogen (secondary N) is 1. The fraction of sp³-hybridized carbons (Fsp3) is 0.625. The van der Waals surface area contributed by atoms with Gasteiger partial charge >= 0.3 is 0 Å². The van der Waals surface area contributed by atoms with Crippen LogP contribution in [0.2, 0.25) is 0 Å². The zero-order valence-electron chi connectivity index (χ0n) is 11.4. The van der Waals surface area contributed by atoms with E-state index in [1.165, 1.54) is 43.2 Å². The van der Waals surface area contributed by atoms with Crippen molar-refractivity contribution in [2.24, 2.45) is 0 Å². The molecule has 2 saturated carbocycles. The molecule has 2 aliphatic carbocycles. The Labute approximate surface area is 110 Å². The minimum atomic E-state index is 0.798. The van der Waals surface area contributed by atoms with Gasteiger partial charge in [-0.2, -0.15) is 0 Å². The molecule has 2 heteroatoms. The Hall–Kier alpha value is -0.860. The van der Waals surface area contributed by atoms with E-state index in [9.17, 15) is 0 Å². The summed E-state index contributed by atoms with van der Waals surface area (Å²) < 4.78 is 0. The molecule has 3 rings (SSSR count). The maximum absolute atomic E-state index is 3.58. The molecule has 0 amide bonds. The van der Waals surface area contributed by atoms with Gasteiger partial charge in [0.05, 0.1) is 0 Å². The minimum Gasteiger partial charge on any atom is -0.310 e. The van der Waals surface area contributed by atoms with E-state index in [1.54, 1.807) is 0 Å². The Morgan fingerprint density at radius 1 is 1.17 bits per heavy atom. The van der Waals surface area contributed by atoms with Crippen LogP contribution >= 0.6 is 0 Å². The Morgan fingerprint density at radius 3 is 2.61 bits per heavy atom. The Balaban J connectivity index is 1.55. The standard InChI is InChI=1S/C16H24N2/c1-18(16-6-3-7-16)12-14-5-2-4-13(10-14)11-17-15-8-9-15/h2,4-5,10,15-17H,3,6-9,11-12H2,1H3. The molecular formula is C16H24N2. The molecule has 0 spiro atoms. The molecule has 0 radical (unpaired) electrons. The summed E-state index contributed by atoms with van der Waals surface area (Å²) in [6, 6.07) is 10.7. The van der Waals surface area contributed by atoms with E-state index in [1.807, 2.05) is 0 Å². The number of rotatable bonds is 6. The van der Waals surface area contributed by atoms with Crippen molar-refractivity contribution < 1.29 is 0 Å². The van der Waals surface area contributed by atoms with Crippen LogP contribution in [0, 0.1) is 0 Å². The minimum absolute atomic E-state index is 0.798. The van der Waals surface area contributed by atoms with Crippen molar-refractivity contribution >= 4 is 0 Å². The van der Waals surface area contributed by atoms with Crippen molar-refractivity contribution in [2.45, 2.75) is 57.3 Å². The van der Waals surface area contributed by atoms with Crippen molar-refractivity contribution in [2.75, 3.05) is 7.05 Å². The van der Waals surface area contributed by atoms with E-state index in [2.05, 4.69) is 41.5 Å². The lowest BCUT2D eigenvalue weighted by atomic mass is 9.91. The molecule has 1 N–H and O–H groups in total. The van der Waals surface area contributed by atoms with Gasteiger partial charge in [-0.15, -0.1) is 0 Å². The number of nitrogens with zero attached hydrogens (tertiary/aromatic N) is 1. The molecule has 0 aliphatic heterocycles. The monoisotopic (exact) mass is 244 g/mol. The first-order valence-electron chi connectivity index (χ1n) is 7.33. The molecular weight excluding hydrogens is 220 g/mol. The predicted octanol–water partition coefficient (Wildman–Crippen LogP) is 2.92. The molecule has 0 heterocycles. The van der Waals surface area contributed by atoms with Gasteiger partial charge in [0.2, 0.25) is 0 Å². The molecule has 0 atom stereocenters. The van der Waals surface area contributed by atoms with Gasteiger partial charge in [0.25, 0.3) is 0 Å². The van der Waals surface area contributed by atoms with Crippen LogP contribution in [0.3, 0.4) is 0 Å². The number of hydrogen-bond donors (Lipinski definition) is 1. The normalized spacial score (nSPS) is 20.1. The summed E-state index contributed by atoms with van der Waals surface area (Å²) in [5, 5.41) is 3.58. The lowest BCUT2D eigenvalue weighted by molar-refractivity contribution is 0.152. The van der Waals surface area contributed by atoms with Crippen LogP contribution in [0.5, 0.6) is 0 Å². The van der Waals surface area contributed by atoms with Gasteiger partial charge in [-0.1, -0.05) is 30.7 Å².